The Balaban J connectivity index is 2.87. The number of pyridine rings is 1. The molecule has 0 fully saturated rings. The van der Waals surface area contributed by atoms with Crippen molar-refractivity contribution in [1.29, 1.82) is 0 Å². The van der Waals surface area contributed by atoms with Gasteiger partial charge in [0.25, 0.3) is 5.91 Å². The maximum atomic E-state index is 12.3. The first-order valence-electron chi connectivity index (χ1n) is 6.03. The minimum atomic E-state index is -0.438. The Bertz CT molecular complexity index is 463. The third kappa shape index (κ3) is 4.52. The number of nitrogens with zero attached hydrogens (tertiary/aromatic N) is 2. The minimum absolute atomic E-state index is 0.0987. The molecule has 0 saturated carbocycles. The van der Waals surface area contributed by atoms with Gasteiger partial charge in [-0.25, -0.2) is 0 Å². The summed E-state index contributed by atoms with van der Waals surface area (Å²) in [5.74, 6) is -0.780. The van der Waals surface area contributed by atoms with E-state index in [0.717, 1.165) is 0 Å². The lowest BCUT2D eigenvalue weighted by Gasteiger charge is -2.25. The van der Waals surface area contributed by atoms with E-state index in [2.05, 4.69) is 4.98 Å². The van der Waals surface area contributed by atoms with Crippen LogP contribution in [-0.4, -0.2) is 41.0 Å². The van der Waals surface area contributed by atoms with Gasteiger partial charge in [0.2, 0.25) is 0 Å². The third-order valence-corrected chi connectivity index (χ3v) is 2.67. The second-order valence-electron chi connectivity index (χ2n) is 4.19. The highest BCUT2D eigenvalue weighted by atomic mass is 35.5. The number of esters is 1. The fraction of sp³-hybridized carbons (Fsp3) is 0.462. The first-order valence-corrected chi connectivity index (χ1v) is 6.41. The zero-order valence-corrected chi connectivity index (χ0v) is 12.0. The van der Waals surface area contributed by atoms with Crippen LogP contribution in [0.2, 0.25) is 5.02 Å². The summed E-state index contributed by atoms with van der Waals surface area (Å²) in [5, 5.41) is 0.429. The Morgan fingerprint density at radius 1 is 1.47 bits per heavy atom. The molecule has 0 aromatic carbocycles. The molecule has 1 aromatic heterocycles. The van der Waals surface area contributed by atoms with Crippen LogP contribution in [0.1, 0.15) is 31.3 Å². The fourth-order valence-electron chi connectivity index (χ4n) is 1.50. The van der Waals surface area contributed by atoms with Gasteiger partial charge in [0.05, 0.1) is 6.61 Å². The molecule has 19 heavy (non-hydrogen) atoms. The molecule has 1 amide bonds. The second-order valence-corrected chi connectivity index (χ2v) is 4.63. The van der Waals surface area contributed by atoms with E-state index in [1.165, 1.54) is 17.2 Å². The number of carbonyl (C=O) groups excluding carboxylic acids is 2. The molecule has 6 heteroatoms. The van der Waals surface area contributed by atoms with E-state index in [1.54, 1.807) is 13.0 Å². The van der Waals surface area contributed by atoms with E-state index >= 15 is 0 Å². The molecule has 1 heterocycles. The monoisotopic (exact) mass is 284 g/mol. The predicted octanol–water partition coefficient (Wildman–Crippen LogP) is 2.15. The highest BCUT2D eigenvalue weighted by Crippen LogP contribution is 2.12. The molecule has 0 bridgehead atoms. The van der Waals surface area contributed by atoms with E-state index in [9.17, 15) is 9.59 Å². The van der Waals surface area contributed by atoms with Gasteiger partial charge >= 0.3 is 5.97 Å². The zero-order valence-electron chi connectivity index (χ0n) is 11.2. The Morgan fingerprint density at radius 3 is 2.68 bits per heavy atom. The largest absolute Gasteiger partial charge is 0.465 e. The van der Waals surface area contributed by atoms with Crippen LogP contribution in [0.15, 0.2) is 18.3 Å². The first-order chi connectivity index (χ1) is 8.95. The number of amides is 1. The molecule has 0 unspecified atom stereocenters. The number of hydrogen-bond donors (Lipinski definition) is 0. The van der Waals surface area contributed by atoms with Gasteiger partial charge in [0, 0.05) is 17.3 Å². The van der Waals surface area contributed by atoms with Crippen LogP contribution < -0.4 is 0 Å². The summed E-state index contributed by atoms with van der Waals surface area (Å²) >= 11 is 5.83. The van der Waals surface area contributed by atoms with Gasteiger partial charge in [-0.15, -0.1) is 0 Å². The molecule has 0 spiro atoms. The minimum Gasteiger partial charge on any atom is -0.465 e. The van der Waals surface area contributed by atoms with Crippen LogP contribution in [-0.2, 0) is 9.53 Å². The number of ether oxygens (including phenoxy) is 1. The van der Waals surface area contributed by atoms with Crippen molar-refractivity contribution < 1.29 is 14.3 Å². The van der Waals surface area contributed by atoms with Gasteiger partial charge in [-0.05, 0) is 32.9 Å². The molecule has 1 rings (SSSR count). The molecular weight excluding hydrogens is 268 g/mol. The van der Waals surface area contributed by atoms with Crippen molar-refractivity contribution >= 4 is 23.5 Å². The summed E-state index contributed by atoms with van der Waals surface area (Å²) < 4.78 is 4.85. The van der Waals surface area contributed by atoms with Crippen LogP contribution in [0.5, 0.6) is 0 Å². The fourth-order valence-corrected chi connectivity index (χ4v) is 1.66. The highest BCUT2D eigenvalue weighted by Gasteiger charge is 2.23. The van der Waals surface area contributed by atoms with Gasteiger partial charge in [0.15, 0.2) is 0 Å². The van der Waals surface area contributed by atoms with Gasteiger partial charge in [-0.2, -0.15) is 0 Å². The lowest BCUT2D eigenvalue weighted by molar-refractivity contribution is -0.144. The van der Waals surface area contributed by atoms with Crippen LogP contribution in [0.3, 0.4) is 0 Å². The number of carbonyl (C=O) groups is 2. The number of aromatic nitrogens is 1. The topological polar surface area (TPSA) is 59.5 Å². The van der Waals surface area contributed by atoms with Crippen LogP contribution in [0, 0.1) is 0 Å². The molecule has 104 valence electrons. The van der Waals surface area contributed by atoms with Crippen LogP contribution in [0.25, 0.3) is 0 Å². The second kappa shape index (κ2) is 7.09. The summed E-state index contributed by atoms with van der Waals surface area (Å²) in [6.45, 7) is 5.55. The highest BCUT2D eigenvalue weighted by molar-refractivity contribution is 6.30. The Kier molecular flexibility index (Phi) is 5.76. The molecule has 5 nitrogen and oxygen atoms in total. The number of halogens is 1. The Labute approximate surface area is 117 Å². The smallest absolute Gasteiger partial charge is 0.325 e. The summed E-state index contributed by atoms with van der Waals surface area (Å²) in [7, 11) is 0. The number of hydrogen-bond acceptors (Lipinski definition) is 4. The van der Waals surface area contributed by atoms with Crippen molar-refractivity contribution in [3.63, 3.8) is 0 Å². The van der Waals surface area contributed by atoms with E-state index in [1.807, 2.05) is 13.8 Å². The average molecular weight is 285 g/mol. The van der Waals surface area contributed by atoms with E-state index in [-0.39, 0.29) is 30.8 Å². The molecular formula is C13H17ClN2O3. The standard InChI is InChI=1S/C13H17ClN2O3/c1-4-19-12(17)8-16(9(2)3)13(18)11-7-10(14)5-6-15-11/h5-7,9H,4,8H2,1-3H3. The summed E-state index contributed by atoms with van der Waals surface area (Å²) in [6.07, 6.45) is 1.46. The molecule has 0 atom stereocenters. The van der Waals surface area contributed by atoms with Crippen molar-refractivity contribution in [2.45, 2.75) is 26.8 Å². The van der Waals surface area contributed by atoms with Gasteiger partial charge in [-0.3, -0.25) is 14.6 Å². The summed E-state index contributed by atoms with van der Waals surface area (Å²) in [5.41, 5.74) is 0.213. The first kappa shape index (κ1) is 15.4. The van der Waals surface area contributed by atoms with Crippen LogP contribution >= 0.6 is 11.6 Å². The van der Waals surface area contributed by atoms with Crippen molar-refractivity contribution in [2.75, 3.05) is 13.2 Å². The van der Waals surface area contributed by atoms with E-state index in [0.29, 0.717) is 5.02 Å². The average Bonchev–Trinajstić information content (AvgIpc) is 2.35. The van der Waals surface area contributed by atoms with Gasteiger partial charge in [-0.1, -0.05) is 11.6 Å². The van der Waals surface area contributed by atoms with Gasteiger partial charge < -0.3 is 9.64 Å². The van der Waals surface area contributed by atoms with Gasteiger partial charge in [0.1, 0.15) is 12.2 Å². The Morgan fingerprint density at radius 2 is 2.16 bits per heavy atom. The van der Waals surface area contributed by atoms with Crippen molar-refractivity contribution in [3.05, 3.63) is 29.0 Å². The van der Waals surface area contributed by atoms with Crippen molar-refractivity contribution in [3.8, 4) is 0 Å². The summed E-state index contributed by atoms with van der Waals surface area (Å²) in [4.78, 5) is 29.1. The number of rotatable bonds is 5. The molecule has 0 aliphatic heterocycles. The SMILES string of the molecule is CCOC(=O)CN(C(=O)c1cc(Cl)ccn1)C(C)C. The van der Waals surface area contributed by atoms with E-state index in [4.69, 9.17) is 16.3 Å². The quantitative estimate of drug-likeness (QED) is 0.777. The lowest BCUT2D eigenvalue weighted by Crippen LogP contribution is -2.41. The third-order valence-electron chi connectivity index (χ3n) is 2.43. The van der Waals surface area contributed by atoms with Crippen molar-refractivity contribution in [1.82, 2.24) is 9.88 Å². The predicted molar refractivity (Wildman–Crippen MR) is 72.1 cm³/mol. The molecule has 0 saturated heterocycles. The zero-order chi connectivity index (χ0) is 14.4. The lowest BCUT2D eigenvalue weighted by atomic mass is 10.2. The summed E-state index contributed by atoms with van der Waals surface area (Å²) in [6, 6.07) is 2.92. The molecule has 1 aromatic rings. The molecule has 0 radical (unpaired) electrons. The van der Waals surface area contributed by atoms with E-state index < -0.39 is 5.97 Å². The maximum Gasteiger partial charge on any atom is 0.325 e. The molecule has 0 aliphatic rings. The maximum absolute atomic E-state index is 12.3. The van der Waals surface area contributed by atoms with Crippen LogP contribution in [0.4, 0.5) is 0 Å². The Hall–Kier alpha value is -1.62. The van der Waals surface area contributed by atoms with Crippen molar-refractivity contribution in [2.24, 2.45) is 0 Å². The normalized spacial score (nSPS) is 10.4. The molecule has 0 N–H and O–H groups in total. The molecule has 0 aliphatic carbocycles.